The molecule has 0 aliphatic heterocycles. The van der Waals surface area contributed by atoms with Crippen LogP contribution >= 0.6 is 0 Å². The molecule has 0 bridgehead atoms. The van der Waals surface area contributed by atoms with Crippen LogP contribution in [0.5, 0.6) is 5.75 Å². The zero-order chi connectivity index (χ0) is 13.1. The van der Waals surface area contributed by atoms with E-state index < -0.39 is 17.4 Å². The molecule has 0 spiro atoms. The molecular formula is C13H19NO3. The van der Waals surface area contributed by atoms with Gasteiger partial charge in [-0.05, 0) is 13.0 Å². The van der Waals surface area contributed by atoms with Crippen LogP contribution in [0.15, 0.2) is 24.3 Å². The minimum atomic E-state index is -1.01. The van der Waals surface area contributed by atoms with E-state index in [2.05, 4.69) is 0 Å². The predicted molar refractivity (Wildman–Crippen MR) is 66.2 cm³/mol. The summed E-state index contributed by atoms with van der Waals surface area (Å²) >= 11 is 0. The zero-order valence-corrected chi connectivity index (χ0v) is 10.4. The number of ether oxygens (including phenoxy) is 1. The fraction of sp³-hybridized carbons (Fsp3) is 0.462. The Labute approximate surface area is 101 Å². The number of rotatable bonds is 5. The second kappa shape index (κ2) is 5.19. The van der Waals surface area contributed by atoms with E-state index >= 15 is 0 Å². The SMILES string of the molecule is CCOc1ccccc1C(C)(C)C(N)C(=O)O. The topological polar surface area (TPSA) is 72.5 Å². The zero-order valence-electron chi connectivity index (χ0n) is 10.4. The molecule has 1 aromatic carbocycles. The van der Waals surface area contributed by atoms with Gasteiger partial charge in [-0.25, -0.2) is 0 Å². The molecule has 1 rings (SSSR count). The van der Waals surface area contributed by atoms with Gasteiger partial charge in [-0.1, -0.05) is 32.0 Å². The summed E-state index contributed by atoms with van der Waals surface area (Å²) in [5.41, 5.74) is 5.87. The van der Waals surface area contributed by atoms with Gasteiger partial charge in [0.1, 0.15) is 11.8 Å². The third-order valence-corrected chi connectivity index (χ3v) is 2.92. The smallest absolute Gasteiger partial charge is 0.321 e. The maximum atomic E-state index is 11.0. The van der Waals surface area contributed by atoms with Gasteiger partial charge >= 0.3 is 5.97 Å². The van der Waals surface area contributed by atoms with Gasteiger partial charge in [0.05, 0.1) is 6.61 Å². The van der Waals surface area contributed by atoms with Crippen LogP contribution in [0.1, 0.15) is 26.3 Å². The number of hydrogen-bond donors (Lipinski definition) is 2. The Morgan fingerprint density at radius 2 is 2.06 bits per heavy atom. The average molecular weight is 237 g/mol. The van der Waals surface area contributed by atoms with Gasteiger partial charge in [0.2, 0.25) is 0 Å². The molecule has 0 radical (unpaired) electrons. The number of hydrogen-bond acceptors (Lipinski definition) is 3. The number of aliphatic carboxylic acids is 1. The molecule has 0 saturated heterocycles. The highest BCUT2D eigenvalue weighted by Gasteiger charge is 2.35. The van der Waals surface area contributed by atoms with Crippen molar-refractivity contribution in [3.8, 4) is 5.75 Å². The highest BCUT2D eigenvalue weighted by Crippen LogP contribution is 2.33. The van der Waals surface area contributed by atoms with Crippen LogP contribution in [0.4, 0.5) is 0 Å². The number of nitrogens with two attached hydrogens (primary N) is 1. The van der Waals surface area contributed by atoms with Gasteiger partial charge in [0.15, 0.2) is 0 Å². The quantitative estimate of drug-likeness (QED) is 0.818. The summed E-state index contributed by atoms with van der Waals surface area (Å²) in [5, 5.41) is 9.03. The largest absolute Gasteiger partial charge is 0.494 e. The Morgan fingerprint density at radius 3 is 2.59 bits per heavy atom. The fourth-order valence-corrected chi connectivity index (χ4v) is 1.76. The standard InChI is InChI=1S/C13H19NO3/c1-4-17-10-8-6-5-7-9(10)13(2,3)11(14)12(15)16/h5-8,11H,4,14H2,1-3H3,(H,15,16). The Bertz CT molecular complexity index is 401. The van der Waals surface area contributed by atoms with Crippen molar-refractivity contribution in [1.29, 1.82) is 0 Å². The number of carboxylic acids is 1. The monoisotopic (exact) mass is 237 g/mol. The number of para-hydroxylation sites is 1. The lowest BCUT2D eigenvalue weighted by atomic mass is 9.77. The molecule has 0 heterocycles. The second-order valence-electron chi connectivity index (χ2n) is 4.47. The van der Waals surface area contributed by atoms with Crippen molar-refractivity contribution in [2.24, 2.45) is 5.73 Å². The molecule has 0 aromatic heterocycles. The van der Waals surface area contributed by atoms with E-state index in [0.717, 1.165) is 5.56 Å². The lowest BCUT2D eigenvalue weighted by molar-refractivity contribution is -0.140. The number of carbonyl (C=O) groups is 1. The van der Waals surface area contributed by atoms with Gasteiger partial charge in [0.25, 0.3) is 0 Å². The van der Waals surface area contributed by atoms with E-state index in [1.165, 1.54) is 0 Å². The lowest BCUT2D eigenvalue weighted by Gasteiger charge is -2.30. The molecule has 1 unspecified atom stereocenters. The van der Waals surface area contributed by atoms with Crippen molar-refractivity contribution in [2.75, 3.05) is 6.61 Å². The lowest BCUT2D eigenvalue weighted by Crippen LogP contribution is -2.47. The maximum Gasteiger partial charge on any atom is 0.321 e. The first kappa shape index (κ1) is 13.5. The minimum absolute atomic E-state index is 0.537. The van der Waals surface area contributed by atoms with Crippen molar-refractivity contribution in [1.82, 2.24) is 0 Å². The predicted octanol–water partition coefficient (Wildman–Crippen LogP) is 1.77. The Balaban J connectivity index is 3.17. The first-order chi connectivity index (χ1) is 7.91. The molecule has 0 saturated carbocycles. The van der Waals surface area contributed by atoms with E-state index in [0.29, 0.717) is 12.4 Å². The Morgan fingerprint density at radius 1 is 1.47 bits per heavy atom. The van der Waals surface area contributed by atoms with Crippen LogP contribution in [-0.2, 0) is 10.2 Å². The van der Waals surface area contributed by atoms with Gasteiger partial charge in [0, 0.05) is 11.0 Å². The molecule has 0 amide bonds. The number of benzene rings is 1. The first-order valence-electron chi connectivity index (χ1n) is 5.62. The third-order valence-electron chi connectivity index (χ3n) is 2.92. The summed E-state index contributed by atoms with van der Waals surface area (Å²) in [4.78, 5) is 11.0. The summed E-state index contributed by atoms with van der Waals surface area (Å²) in [7, 11) is 0. The average Bonchev–Trinajstić information content (AvgIpc) is 2.29. The first-order valence-corrected chi connectivity index (χ1v) is 5.62. The van der Waals surface area contributed by atoms with Crippen LogP contribution < -0.4 is 10.5 Å². The van der Waals surface area contributed by atoms with Crippen LogP contribution in [0, 0.1) is 0 Å². The maximum absolute atomic E-state index is 11.0. The summed E-state index contributed by atoms with van der Waals surface area (Å²) < 4.78 is 5.50. The van der Waals surface area contributed by atoms with Crippen LogP contribution in [-0.4, -0.2) is 23.7 Å². The van der Waals surface area contributed by atoms with E-state index in [1.54, 1.807) is 0 Å². The van der Waals surface area contributed by atoms with Crippen LogP contribution in [0.3, 0.4) is 0 Å². The van der Waals surface area contributed by atoms with Gasteiger partial charge in [-0.3, -0.25) is 4.79 Å². The van der Waals surface area contributed by atoms with E-state index in [9.17, 15) is 4.79 Å². The third kappa shape index (κ3) is 2.77. The van der Waals surface area contributed by atoms with Gasteiger partial charge in [-0.15, -0.1) is 0 Å². The minimum Gasteiger partial charge on any atom is -0.494 e. The molecule has 0 aliphatic carbocycles. The van der Waals surface area contributed by atoms with Crippen molar-refractivity contribution in [3.05, 3.63) is 29.8 Å². The van der Waals surface area contributed by atoms with E-state index in [1.807, 2.05) is 45.0 Å². The highest BCUT2D eigenvalue weighted by atomic mass is 16.5. The highest BCUT2D eigenvalue weighted by molar-refractivity contribution is 5.76. The van der Waals surface area contributed by atoms with Gasteiger partial charge in [-0.2, -0.15) is 0 Å². The summed E-state index contributed by atoms with van der Waals surface area (Å²) in [6, 6.07) is 6.43. The molecule has 3 N–H and O–H groups in total. The molecule has 1 atom stereocenters. The molecule has 0 fully saturated rings. The molecular weight excluding hydrogens is 218 g/mol. The van der Waals surface area contributed by atoms with Crippen LogP contribution in [0.25, 0.3) is 0 Å². The summed E-state index contributed by atoms with van der Waals surface area (Å²) in [6.07, 6.45) is 0. The fourth-order valence-electron chi connectivity index (χ4n) is 1.76. The summed E-state index contributed by atoms with van der Waals surface area (Å²) in [5.74, 6) is -0.321. The van der Waals surface area contributed by atoms with E-state index in [4.69, 9.17) is 15.6 Å². The van der Waals surface area contributed by atoms with Crippen molar-refractivity contribution in [2.45, 2.75) is 32.2 Å². The normalized spacial score (nSPS) is 13.2. The van der Waals surface area contributed by atoms with E-state index in [-0.39, 0.29) is 0 Å². The molecule has 1 aromatic rings. The molecule has 0 aliphatic rings. The Kier molecular flexibility index (Phi) is 4.12. The number of carboxylic acid groups (broad SMARTS) is 1. The summed E-state index contributed by atoms with van der Waals surface area (Å²) in [6.45, 7) is 6.05. The molecule has 94 valence electrons. The molecule has 4 nitrogen and oxygen atoms in total. The molecule has 4 heteroatoms. The van der Waals surface area contributed by atoms with Crippen molar-refractivity contribution < 1.29 is 14.6 Å². The second-order valence-corrected chi connectivity index (χ2v) is 4.47. The van der Waals surface area contributed by atoms with Gasteiger partial charge < -0.3 is 15.6 Å². The molecule has 17 heavy (non-hydrogen) atoms. The Hall–Kier alpha value is -1.55. The van der Waals surface area contributed by atoms with Crippen molar-refractivity contribution in [3.63, 3.8) is 0 Å². The van der Waals surface area contributed by atoms with Crippen molar-refractivity contribution >= 4 is 5.97 Å². The van der Waals surface area contributed by atoms with Crippen LogP contribution in [0.2, 0.25) is 0 Å².